The van der Waals surface area contributed by atoms with Crippen LogP contribution in [0, 0.1) is 13.8 Å². The van der Waals surface area contributed by atoms with E-state index in [1.54, 1.807) is 44.2 Å². The predicted molar refractivity (Wildman–Crippen MR) is 76.9 cm³/mol. The predicted octanol–water partition coefficient (Wildman–Crippen LogP) is 3.48. The van der Waals surface area contributed by atoms with Crippen molar-refractivity contribution in [2.24, 2.45) is 0 Å². The third-order valence-corrected chi connectivity index (χ3v) is 3.51. The number of halogens is 1. The van der Waals surface area contributed by atoms with Crippen LogP contribution in [0.25, 0.3) is 0 Å². The summed E-state index contributed by atoms with van der Waals surface area (Å²) < 4.78 is 0. The van der Waals surface area contributed by atoms with E-state index in [4.69, 9.17) is 17.3 Å². The summed E-state index contributed by atoms with van der Waals surface area (Å²) in [6.07, 6.45) is 0. The lowest BCUT2D eigenvalue weighted by atomic mass is 9.95. The largest absolute Gasteiger partial charge is 0.507 e. The highest BCUT2D eigenvalue weighted by molar-refractivity contribution is 6.32. The van der Waals surface area contributed by atoms with Gasteiger partial charge in [0.15, 0.2) is 5.78 Å². The minimum atomic E-state index is -0.321. The van der Waals surface area contributed by atoms with Crippen LogP contribution in [0.5, 0.6) is 5.75 Å². The number of nitrogen functional groups attached to an aromatic ring is 1. The molecule has 0 spiro atoms. The van der Waals surface area contributed by atoms with Crippen LogP contribution in [0.2, 0.25) is 5.02 Å². The molecule has 0 saturated heterocycles. The summed E-state index contributed by atoms with van der Waals surface area (Å²) >= 11 is 6.07. The zero-order valence-corrected chi connectivity index (χ0v) is 11.5. The third-order valence-electron chi connectivity index (χ3n) is 3.12. The number of carbonyl (C=O) groups excluding carboxylic acids is 1. The molecule has 0 atom stereocenters. The molecular weight excluding hydrogens is 262 g/mol. The number of hydrogen-bond acceptors (Lipinski definition) is 3. The standard InChI is InChI=1S/C15H14ClNO2/c1-8-7-11(16)9(2)13(14(8)18)15(19)10-5-3-4-6-12(10)17/h3-7,18H,17H2,1-2H3. The molecule has 19 heavy (non-hydrogen) atoms. The zero-order chi connectivity index (χ0) is 14.2. The average Bonchev–Trinajstić information content (AvgIpc) is 2.37. The minimum absolute atomic E-state index is 0.0462. The van der Waals surface area contributed by atoms with Gasteiger partial charge in [-0.2, -0.15) is 0 Å². The van der Waals surface area contributed by atoms with E-state index in [9.17, 15) is 9.90 Å². The molecule has 98 valence electrons. The second-order valence-corrected chi connectivity index (χ2v) is 4.85. The van der Waals surface area contributed by atoms with Gasteiger partial charge in [-0.05, 0) is 43.2 Å². The Hall–Kier alpha value is -2.00. The number of anilines is 1. The van der Waals surface area contributed by atoms with Crippen molar-refractivity contribution in [3.05, 3.63) is 57.6 Å². The Labute approximate surface area is 116 Å². The van der Waals surface area contributed by atoms with Crippen molar-refractivity contribution in [2.45, 2.75) is 13.8 Å². The molecule has 2 rings (SSSR count). The van der Waals surface area contributed by atoms with E-state index in [0.29, 0.717) is 27.4 Å². The number of aromatic hydroxyl groups is 1. The first kappa shape index (κ1) is 13.4. The van der Waals surface area contributed by atoms with Gasteiger partial charge in [0.2, 0.25) is 0 Å². The molecule has 0 aliphatic rings. The molecule has 0 aliphatic carbocycles. The number of aryl methyl sites for hydroxylation is 1. The molecule has 0 heterocycles. The first-order valence-corrected chi connectivity index (χ1v) is 6.19. The van der Waals surface area contributed by atoms with E-state index in [0.717, 1.165) is 0 Å². The van der Waals surface area contributed by atoms with Crippen LogP contribution in [0.4, 0.5) is 5.69 Å². The van der Waals surface area contributed by atoms with E-state index in [1.807, 2.05) is 0 Å². The second-order valence-electron chi connectivity index (χ2n) is 4.44. The molecule has 2 aromatic carbocycles. The van der Waals surface area contributed by atoms with Crippen molar-refractivity contribution in [3.63, 3.8) is 0 Å². The van der Waals surface area contributed by atoms with Crippen LogP contribution in [-0.2, 0) is 0 Å². The summed E-state index contributed by atoms with van der Waals surface area (Å²) in [4.78, 5) is 12.5. The Kier molecular flexibility index (Phi) is 3.49. The van der Waals surface area contributed by atoms with Gasteiger partial charge in [-0.15, -0.1) is 0 Å². The van der Waals surface area contributed by atoms with E-state index in [1.165, 1.54) is 0 Å². The number of benzene rings is 2. The van der Waals surface area contributed by atoms with Gasteiger partial charge >= 0.3 is 0 Å². The number of phenols is 1. The van der Waals surface area contributed by atoms with E-state index in [-0.39, 0.29) is 17.1 Å². The van der Waals surface area contributed by atoms with Crippen molar-refractivity contribution in [3.8, 4) is 5.75 Å². The topological polar surface area (TPSA) is 63.3 Å². The molecule has 0 bridgehead atoms. The Morgan fingerprint density at radius 2 is 1.89 bits per heavy atom. The molecule has 3 nitrogen and oxygen atoms in total. The van der Waals surface area contributed by atoms with Crippen molar-refractivity contribution in [1.29, 1.82) is 0 Å². The van der Waals surface area contributed by atoms with Crippen LogP contribution in [0.3, 0.4) is 0 Å². The number of carbonyl (C=O) groups is 1. The number of para-hydroxylation sites is 1. The first-order chi connectivity index (χ1) is 8.93. The molecule has 0 aliphatic heterocycles. The van der Waals surface area contributed by atoms with Crippen LogP contribution in [0.1, 0.15) is 27.0 Å². The zero-order valence-electron chi connectivity index (χ0n) is 10.7. The number of ketones is 1. The maximum absolute atomic E-state index is 12.5. The van der Waals surface area contributed by atoms with Crippen LogP contribution < -0.4 is 5.73 Å². The molecule has 2 aromatic rings. The Morgan fingerprint density at radius 3 is 2.53 bits per heavy atom. The van der Waals surface area contributed by atoms with Gasteiger partial charge in [0.05, 0.1) is 5.56 Å². The minimum Gasteiger partial charge on any atom is -0.507 e. The highest BCUT2D eigenvalue weighted by Gasteiger charge is 2.21. The fraction of sp³-hybridized carbons (Fsp3) is 0.133. The molecule has 0 radical (unpaired) electrons. The van der Waals surface area contributed by atoms with Gasteiger partial charge in [0.25, 0.3) is 0 Å². The van der Waals surface area contributed by atoms with Gasteiger partial charge in [-0.25, -0.2) is 0 Å². The quantitative estimate of drug-likeness (QED) is 0.651. The summed E-state index contributed by atoms with van der Waals surface area (Å²) in [7, 11) is 0. The maximum atomic E-state index is 12.5. The fourth-order valence-electron chi connectivity index (χ4n) is 1.98. The highest BCUT2D eigenvalue weighted by atomic mass is 35.5. The first-order valence-electron chi connectivity index (χ1n) is 5.81. The lowest BCUT2D eigenvalue weighted by Crippen LogP contribution is -2.08. The summed E-state index contributed by atoms with van der Waals surface area (Å²) in [6, 6.07) is 8.40. The number of hydrogen-bond donors (Lipinski definition) is 2. The monoisotopic (exact) mass is 275 g/mol. The molecular formula is C15H14ClNO2. The lowest BCUT2D eigenvalue weighted by molar-refractivity contribution is 0.103. The Balaban J connectivity index is 2.67. The summed E-state index contributed by atoms with van der Waals surface area (Å²) in [5.74, 6) is -0.367. The van der Waals surface area contributed by atoms with Crippen molar-refractivity contribution < 1.29 is 9.90 Å². The van der Waals surface area contributed by atoms with Crippen LogP contribution in [-0.4, -0.2) is 10.9 Å². The van der Waals surface area contributed by atoms with Gasteiger partial charge in [0.1, 0.15) is 5.75 Å². The smallest absolute Gasteiger partial charge is 0.199 e. The van der Waals surface area contributed by atoms with Gasteiger partial charge < -0.3 is 10.8 Å². The van der Waals surface area contributed by atoms with Gasteiger partial charge in [-0.3, -0.25) is 4.79 Å². The second kappa shape index (κ2) is 4.94. The van der Waals surface area contributed by atoms with Crippen LogP contribution in [0.15, 0.2) is 30.3 Å². The lowest BCUT2D eigenvalue weighted by Gasteiger charge is -2.12. The SMILES string of the molecule is Cc1cc(Cl)c(C)c(C(=O)c2ccccc2N)c1O. The maximum Gasteiger partial charge on any atom is 0.199 e. The Bertz CT molecular complexity index is 639. The van der Waals surface area contributed by atoms with Crippen molar-refractivity contribution in [2.75, 3.05) is 5.73 Å². The normalized spacial score (nSPS) is 10.5. The number of rotatable bonds is 2. The number of phenolic OH excluding ortho intramolecular Hbond substituents is 1. The van der Waals surface area contributed by atoms with E-state index < -0.39 is 0 Å². The molecule has 0 aromatic heterocycles. The molecule has 0 amide bonds. The summed E-state index contributed by atoms with van der Waals surface area (Å²) in [5, 5.41) is 10.6. The Morgan fingerprint density at radius 1 is 1.26 bits per heavy atom. The average molecular weight is 276 g/mol. The molecule has 0 unspecified atom stereocenters. The third kappa shape index (κ3) is 2.29. The molecule has 0 saturated carbocycles. The van der Waals surface area contributed by atoms with Crippen molar-refractivity contribution in [1.82, 2.24) is 0 Å². The summed E-state index contributed by atoms with van der Waals surface area (Å²) in [6.45, 7) is 3.40. The van der Waals surface area contributed by atoms with E-state index >= 15 is 0 Å². The highest BCUT2D eigenvalue weighted by Crippen LogP contribution is 2.33. The van der Waals surface area contributed by atoms with Crippen molar-refractivity contribution >= 4 is 23.1 Å². The fourth-order valence-corrected chi connectivity index (χ4v) is 2.24. The van der Waals surface area contributed by atoms with Gasteiger partial charge in [-0.1, -0.05) is 23.7 Å². The molecule has 0 fully saturated rings. The molecule has 3 N–H and O–H groups in total. The number of nitrogens with two attached hydrogens (primary N) is 1. The van der Waals surface area contributed by atoms with Gasteiger partial charge in [0, 0.05) is 16.3 Å². The molecule has 4 heteroatoms. The van der Waals surface area contributed by atoms with Crippen LogP contribution >= 0.6 is 11.6 Å². The van der Waals surface area contributed by atoms with E-state index in [2.05, 4.69) is 0 Å². The summed E-state index contributed by atoms with van der Waals surface area (Å²) in [5.41, 5.74) is 7.87.